The largest absolute Gasteiger partial charge is 0.494 e. The van der Waals surface area contributed by atoms with Crippen LogP contribution in [0.2, 0.25) is 0 Å². The summed E-state index contributed by atoms with van der Waals surface area (Å²) in [6.45, 7) is 4.00. The summed E-state index contributed by atoms with van der Waals surface area (Å²) in [6, 6.07) is 7.08. The summed E-state index contributed by atoms with van der Waals surface area (Å²) >= 11 is 1.20. The lowest BCUT2D eigenvalue weighted by molar-refractivity contribution is -0.118. The number of carbonyl (C=O) groups excluding carboxylic acids is 2. The number of nitrogens with one attached hydrogen (secondary N) is 1. The predicted molar refractivity (Wildman–Crippen MR) is 88.5 cm³/mol. The zero-order valence-corrected chi connectivity index (χ0v) is 13.8. The second-order valence-corrected chi connectivity index (χ2v) is 5.61. The van der Waals surface area contributed by atoms with E-state index in [9.17, 15) is 9.59 Å². The lowest BCUT2D eigenvalue weighted by atomic mass is 10.3. The molecule has 0 fully saturated rings. The van der Waals surface area contributed by atoms with Crippen LogP contribution in [0.25, 0.3) is 0 Å². The van der Waals surface area contributed by atoms with Gasteiger partial charge in [-0.1, -0.05) is 6.92 Å². The molecule has 0 aliphatic rings. The van der Waals surface area contributed by atoms with E-state index in [-0.39, 0.29) is 18.3 Å². The lowest BCUT2D eigenvalue weighted by Gasteiger charge is -2.07. The zero-order valence-electron chi connectivity index (χ0n) is 13.0. The van der Waals surface area contributed by atoms with Crippen molar-refractivity contribution in [2.24, 2.45) is 0 Å². The van der Waals surface area contributed by atoms with Gasteiger partial charge in [0.2, 0.25) is 0 Å². The SMILES string of the molecule is CCCOc1ccc(OCC(=O)Nc2nc(C(C)=O)cs2)cc1. The molecule has 1 N–H and O–H groups in total. The van der Waals surface area contributed by atoms with Crippen LogP contribution in [0.5, 0.6) is 11.5 Å². The highest BCUT2D eigenvalue weighted by Gasteiger charge is 2.09. The number of nitrogens with zero attached hydrogens (tertiary/aromatic N) is 1. The Balaban J connectivity index is 1.80. The topological polar surface area (TPSA) is 77.5 Å². The van der Waals surface area contributed by atoms with Gasteiger partial charge in [-0.15, -0.1) is 11.3 Å². The van der Waals surface area contributed by atoms with E-state index in [0.717, 1.165) is 12.2 Å². The van der Waals surface area contributed by atoms with E-state index in [0.29, 0.717) is 23.2 Å². The van der Waals surface area contributed by atoms with Crippen LogP contribution in [-0.4, -0.2) is 29.9 Å². The van der Waals surface area contributed by atoms with Gasteiger partial charge in [0.05, 0.1) is 6.61 Å². The first kappa shape index (κ1) is 17.0. The third-order valence-corrected chi connectivity index (χ3v) is 3.54. The minimum absolute atomic E-state index is 0.135. The molecule has 1 amide bonds. The third-order valence-electron chi connectivity index (χ3n) is 2.78. The molecule has 0 radical (unpaired) electrons. The number of anilines is 1. The van der Waals surface area contributed by atoms with Crippen molar-refractivity contribution >= 4 is 28.2 Å². The highest BCUT2D eigenvalue weighted by Crippen LogP contribution is 2.18. The molecule has 6 nitrogen and oxygen atoms in total. The number of ether oxygens (including phenoxy) is 2. The van der Waals surface area contributed by atoms with Crippen molar-refractivity contribution in [3.8, 4) is 11.5 Å². The molecule has 1 aromatic heterocycles. The molecule has 23 heavy (non-hydrogen) atoms. The molecule has 1 aromatic carbocycles. The lowest BCUT2D eigenvalue weighted by Crippen LogP contribution is -2.20. The van der Waals surface area contributed by atoms with E-state index in [4.69, 9.17) is 9.47 Å². The second kappa shape index (κ2) is 8.28. The number of Topliss-reactive ketones (excluding diaryl/α,β-unsaturated/α-hetero) is 1. The third kappa shape index (κ3) is 5.37. The Morgan fingerprint density at radius 1 is 1.17 bits per heavy atom. The summed E-state index contributed by atoms with van der Waals surface area (Å²) in [6.07, 6.45) is 0.945. The summed E-state index contributed by atoms with van der Waals surface area (Å²) in [5.41, 5.74) is 0.342. The molecule has 0 aliphatic carbocycles. The van der Waals surface area contributed by atoms with Crippen LogP contribution in [-0.2, 0) is 4.79 Å². The first-order valence-corrected chi connectivity index (χ1v) is 8.08. The summed E-state index contributed by atoms with van der Waals surface area (Å²) in [5, 5.41) is 4.58. The Labute approximate surface area is 138 Å². The fourth-order valence-corrected chi connectivity index (χ4v) is 2.41. The van der Waals surface area contributed by atoms with Crippen LogP contribution in [0.4, 0.5) is 5.13 Å². The van der Waals surface area contributed by atoms with Crippen LogP contribution in [0.15, 0.2) is 29.6 Å². The molecule has 0 spiro atoms. The van der Waals surface area contributed by atoms with Crippen LogP contribution in [0.1, 0.15) is 30.8 Å². The minimum Gasteiger partial charge on any atom is -0.494 e. The number of ketones is 1. The molecular weight excluding hydrogens is 316 g/mol. The van der Waals surface area contributed by atoms with Gasteiger partial charge in [-0.3, -0.25) is 14.9 Å². The van der Waals surface area contributed by atoms with E-state index >= 15 is 0 Å². The van der Waals surface area contributed by atoms with Crippen molar-refractivity contribution in [3.05, 3.63) is 35.3 Å². The van der Waals surface area contributed by atoms with Crippen LogP contribution in [0.3, 0.4) is 0 Å². The Bertz CT molecular complexity index is 667. The molecule has 7 heteroatoms. The average molecular weight is 334 g/mol. The number of hydrogen-bond donors (Lipinski definition) is 1. The predicted octanol–water partition coefficient (Wildman–Crippen LogP) is 3.15. The smallest absolute Gasteiger partial charge is 0.264 e. The van der Waals surface area contributed by atoms with Crippen molar-refractivity contribution in [1.82, 2.24) is 4.98 Å². The number of benzene rings is 1. The van der Waals surface area contributed by atoms with Gasteiger partial charge in [0.25, 0.3) is 5.91 Å². The molecule has 0 bridgehead atoms. The zero-order chi connectivity index (χ0) is 16.7. The molecule has 0 aliphatic heterocycles. The van der Waals surface area contributed by atoms with Gasteiger partial charge in [0.1, 0.15) is 17.2 Å². The first-order valence-electron chi connectivity index (χ1n) is 7.20. The molecule has 0 atom stereocenters. The summed E-state index contributed by atoms with van der Waals surface area (Å²) in [5.74, 6) is 0.875. The maximum absolute atomic E-state index is 11.8. The molecular formula is C16H18N2O4S. The van der Waals surface area contributed by atoms with E-state index < -0.39 is 0 Å². The van der Waals surface area contributed by atoms with Crippen molar-refractivity contribution < 1.29 is 19.1 Å². The fourth-order valence-electron chi connectivity index (χ4n) is 1.65. The standard InChI is InChI=1S/C16H18N2O4S/c1-3-8-21-12-4-6-13(7-5-12)22-9-15(20)18-16-17-14(10-23-16)11(2)19/h4-7,10H,3,8-9H2,1-2H3,(H,17,18,20). The normalized spacial score (nSPS) is 10.2. The number of carbonyl (C=O) groups is 2. The average Bonchev–Trinajstić information content (AvgIpc) is 3.00. The second-order valence-electron chi connectivity index (χ2n) is 4.75. The molecule has 2 rings (SSSR count). The Morgan fingerprint density at radius 2 is 1.83 bits per heavy atom. The quantitative estimate of drug-likeness (QED) is 0.750. The van der Waals surface area contributed by atoms with E-state index in [1.807, 2.05) is 6.92 Å². The highest BCUT2D eigenvalue weighted by atomic mass is 32.1. The van der Waals surface area contributed by atoms with E-state index in [2.05, 4.69) is 10.3 Å². The Kier molecular flexibility index (Phi) is 6.10. The molecule has 122 valence electrons. The molecule has 2 aromatic rings. The fraction of sp³-hybridized carbons (Fsp3) is 0.312. The van der Waals surface area contributed by atoms with Crippen LogP contribution >= 0.6 is 11.3 Å². The van der Waals surface area contributed by atoms with Gasteiger partial charge >= 0.3 is 0 Å². The van der Waals surface area contributed by atoms with E-state index in [1.165, 1.54) is 18.3 Å². The van der Waals surface area contributed by atoms with Gasteiger partial charge in [-0.2, -0.15) is 0 Å². The van der Waals surface area contributed by atoms with Gasteiger partial charge in [0.15, 0.2) is 17.5 Å². The van der Waals surface area contributed by atoms with Crippen molar-refractivity contribution in [1.29, 1.82) is 0 Å². The van der Waals surface area contributed by atoms with Gasteiger partial charge in [0, 0.05) is 12.3 Å². The first-order chi connectivity index (χ1) is 11.1. The summed E-state index contributed by atoms with van der Waals surface area (Å²) in [4.78, 5) is 26.9. The van der Waals surface area contributed by atoms with Crippen LogP contribution < -0.4 is 14.8 Å². The van der Waals surface area contributed by atoms with Crippen molar-refractivity contribution in [3.63, 3.8) is 0 Å². The molecule has 1 heterocycles. The van der Waals surface area contributed by atoms with Gasteiger partial charge < -0.3 is 9.47 Å². The van der Waals surface area contributed by atoms with Gasteiger partial charge in [-0.25, -0.2) is 4.98 Å². The van der Waals surface area contributed by atoms with Crippen molar-refractivity contribution in [2.45, 2.75) is 20.3 Å². The molecule has 0 unspecified atom stereocenters. The maximum Gasteiger partial charge on any atom is 0.264 e. The highest BCUT2D eigenvalue weighted by molar-refractivity contribution is 7.14. The van der Waals surface area contributed by atoms with Gasteiger partial charge in [-0.05, 0) is 30.7 Å². The molecule has 0 saturated heterocycles. The number of amides is 1. The minimum atomic E-state index is -0.333. The van der Waals surface area contributed by atoms with Crippen LogP contribution in [0, 0.1) is 0 Å². The Hall–Kier alpha value is -2.41. The summed E-state index contributed by atoms with van der Waals surface area (Å²) < 4.78 is 10.9. The van der Waals surface area contributed by atoms with E-state index in [1.54, 1.807) is 29.6 Å². The monoisotopic (exact) mass is 334 g/mol. The number of rotatable bonds is 8. The Morgan fingerprint density at radius 3 is 2.39 bits per heavy atom. The maximum atomic E-state index is 11.8. The molecule has 0 saturated carbocycles. The summed E-state index contributed by atoms with van der Waals surface area (Å²) in [7, 11) is 0. The number of thiazole rings is 1. The van der Waals surface area contributed by atoms with Crippen molar-refractivity contribution in [2.75, 3.05) is 18.5 Å². The number of hydrogen-bond acceptors (Lipinski definition) is 6. The number of aromatic nitrogens is 1.